The lowest BCUT2D eigenvalue weighted by Crippen LogP contribution is -2.38. The second-order valence-electron chi connectivity index (χ2n) is 5.91. The van der Waals surface area contributed by atoms with Crippen LogP contribution in [0.3, 0.4) is 0 Å². The molecular weight excluding hydrogens is 321 g/mol. The van der Waals surface area contributed by atoms with Crippen molar-refractivity contribution < 1.29 is 4.79 Å². The molecule has 0 aromatic heterocycles. The van der Waals surface area contributed by atoms with Crippen molar-refractivity contribution in [3.63, 3.8) is 0 Å². The van der Waals surface area contributed by atoms with Crippen LogP contribution in [0.2, 0.25) is 0 Å². The predicted molar refractivity (Wildman–Crippen MR) is 95.3 cm³/mol. The first-order valence-electron chi connectivity index (χ1n) is 7.54. The Bertz CT molecular complexity index is 492. The quantitative estimate of drug-likeness (QED) is 0.894. The maximum Gasteiger partial charge on any atom is 0.228 e. The zero-order valence-corrected chi connectivity index (χ0v) is 14.6. The van der Waals surface area contributed by atoms with Gasteiger partial charge in [-0.1, -0.05) is 18.2 Å². The van der Waals surface area contributed by atoms with E-state index < -0.39 is 0 Å². The van der Waals surface area contributed by atoms with Gasteiger partial charge < -0.3 is 15.1 Å². The van der Waals surface area contributed by atoms with Gasteiger partial charge in [-0.3, -0.25) is 4.79 Å². The summed E-state index contributed by atoms with van der Waals surface area (Å²) in [5.74, 6) is 0.257. The number of carbonyl (C=O) groups is 1. The summed E-state index contributed by atoms with van der Waals surface area (Å²) in [6.45, 7) is 3.69. The molecule has 2 aliphatic heterocycles. The molecule has 1 amide bonds. The van der Waals surface area contributed by atoms with E-state index in [2.05, 4.69) is 35.5 Å². The molecule has 124 valence electrons. The normalized spacial score (nSPS) is 21.3. The summed E-state index contributed by atoms with van der Waals surface area (Å²) >= 11 is 0. The highest BCUT2D eigenvalue weighted by Gasteiger charge is 2.25. The van der Waals surface area contributed by atoms with Crippen molar-refractivity contribution in [1.82, 2.24) is 10.2 Å². The Morgan fingerprint density at radius 2 is 2.05 bits per heavy atom. The number of benzene rings is 1. The molecule has 0 aliphatic carbocycles. The summed E-state index contributed by atoms with van der Waals surface area (Å²) in [5.41, 5.74) is 2.35. The lowest BCUT2D eigenvalue weighted by atomic mass is 10.1. The van der Waals surface area contributed by atoms with Gasteiger partial charge in [0.05, 0.1) is 0 Å². The third kappa shape index (κ3) is 4.35. The minimum Gasteiger partial charge on any atom is -0.313 e. The fourth-order valence-electron chi connectivity index (χ4n) is 3.18. The molecule has 6 heteroatoms. The topological polar surface area (TPSA) is 35.6 Å². The highest BCUT2D eigenvalue weighted by molar-refractivity contribution is 5.94. The fraction of sp³-hybridized carbons (Fsp3) is 0.562. The second kappa shape index (κ2) is 8.73. The van der Waals surface area contributed by atoms with Gasteiger partial charge in [0.15, 0.2) is 0 Å². The van der Waals surface area contributed by atoms with Crippen LogP contribution in [0.4, 0.5) is 5.69 Å². The Morgan fingerprint density at radius 3 is 2.77 bits per heavy atom. The number of para-hydroxylation sites is 1. The third-order valence-electron chi connectivity index (χ3n) is 4.31. The van der Waals surface area contributed by atoms with Crippen LogP contribution in [0, 0.1) is 0 Å². The Kier molecular flexibility index (Phi) is 7.63. The summed E-state index contributed by atoms with van der Waals surface area (Å²) in [5, 5.41) is 3.42. The van der Waals surface area contributed by atoms with Gasteiger partial charge in [-0.2, -0.15) is 0 Å². The van der Waals surface area contributed by atoms with Gasteiger partial charge in [0.1, 0.15) is 0 Å². The summed E-state index contributed by atoms with van der Waals surface area (Å²) in [7, 11) is 2.11. The van der Waals surface area contributed by atoms with E-state index in [0.29, 0.717) is 12.5 Å². The number of hydrogen-bond acceptors (Lipinski definition) is 3. The fourth-order valence-corrected chi connectivity index (χ4v) is 3.18. The first-order valence-corrected chi connectivity index (χ1v) is 7.54. The van der Waals surface area contributed by atoms with E-state index in [9.17, 15) is 4.79 Å². The van der Waals surface area contributed by atoms with Crippen molar-refractivity contribution in [2.75, 3.05) is 31.6 Å². The minimum atomic E-state index is 0. The molecule has 4 nitrogen and oxygen atoms in total. The number of amides is 1. The van der Waals surface area contributed by atoms with Crippen molar-refractivity contribution >= 4 is 36.4 Å². The molecule has 1 aromatic rings. The maximum atomic E-state index is 12.6. The van der Waals surface area contributed by atoms with Crippen LogP contribution >= 0.6 is 24.8 Å². The maximum absolute atomic E-state index is 12.6. The van der Waals surface area contributed by atoms with Crippen LogP contribution in [-0.2, 0) is 11.3 Å². The molecule has 0 radical (unpaired) electrons. The highest BCUT2D eigenvalue weighted by atomic mass is 35.5. The monoisotopic (exact) mass is 345 g/mol. The largest absolute Gasteiger partial charge is 0.313 e. The van der Waals surface area contributed by atoms with Crippen LogP contribution in [0.25, 0.3) is 0 Å². The van der Waals surface area contributed by atoms with Crippen molar-refractivity contribution in [1.29, 1.82) is 0 Å². The molecule has 0 spiro atoms. The first-order chi connectivity index (χ1) is 9.74. The van der Waals surface area contributed by atoms with E-state index in [1.807, 2.05) is 11.0 Å². The highest BCUT2D eigenvalue weighted by Crippen LogP contribution is 2.25. The Morgan fingerprint density at radius 1 is 1.27 bits per heavy atom. The van der Waals surface area contributed by atoms with Gasteiger partial charge >= 0.3 is 0 Å². The standard InChI is InChI=1S/C16H23N3O.2ClH/c1-18-9-10-19(15-7-3-2-5-13(15)12-18)16(20)11-14-6-4-8-17-14;;/h2-3,5,7,14,17H,4,6,8-12H2,1H3;2*1H. The van der Waals surface area contributed by atoms with Crippen LogP contribution in [0.1, 0.15) is 24.8 Å². The summed E-state index contributed by atoms with van der Waals surface area (Å²) in [4.78, 5) is 16.9. The van der Waals surface area contributed by atoms with E-state index in [1.54, 1.807) is 0 Å². The van der Waals surface area contributed by atoms with Gasteiger partial charge in [0.25, 0.3) is 0 Å². The number of rotatable bonds is 2. The van der Waals surface area contributed by atoms with Gasteiger partial charge in [-0.25, -0.2) is 0 Å². The number of fused-ring (bicyclic) bond motifs is 1. The Balaban J connectivity index is 0.00000121. The molecule has 1 unspecified atom stereocenters. The molecular formula is C16H25Cl2N3O. The Hall–Kier alpha value is -0.810. The summed E-state index contributed by atoms with van der Waals surface area (Å²) < 4.78 is 0. The molecule has 1 saturated heterocycles. The van der Waals surface area contributed by atoms with E-state index in [4.69, 9.17) is 0 Å². The van der Waals surface area contributed by atoms with E-state index >= 15 is 0 Å². The van der Waals surface area contributed by atoms with Crippen molar-refractivity contribution in [2.24, 2.45) is 0 Å². The molecule has 0 bridgehead atoms. The zero-order chi connectivity index (χ0) is 13.9. The predicted octanol–water partition coefficient (Wildman–Crippen LogP) is 2.45. The lowest BCUT2D eigenvalue weighted by molar-refractivity contribution is -0.119. The number of anilines is 1. The number of hydrogen-bond donors (Lipinski definition) is 1. The molecule has 3 rings (SSSR count). The van der Waals surface area contributed by atoms with Crippen molar-refractivity contribution in [3.8, 4) is 0 Å². The van der Waals surface area contributed by atoms with Crippen LogP contribution in [0.15, 0.2) is 24.3 Å². The molecule has 22 heavy (non-hydrogen) atoms. The zero-order valence-electron chi connectivity index (χ0n) is 13.0. The van der Waals surface area contributed by atoms with Gasteiger partial charge in [-0.15, -0.1) is 24.8 Å². The lowest BCUT2D eigenvalue weighted by Gasteiger charge is -2.24. The molecule has 0 saturated carbocycles. The van der Waals surface area contributed by atoms with Gasteiger partial charge in [0, 0.05) is 37.8 Å². The number of carbonyl (C=O) groups excluding carboxylic acids is 1. The average Bonchev–Trinajstić information content (AvgIpc) is 2.87. The molecule has 2 aliphatic rings. The molecule has 1 atom stereocenters. The first kappa shape index (κ1) is 19.2. The van der Waals surface area contributed by atoms with E-state index in [0.717, 1.165) is 38.3 Å². The van der Waals surface area contributed by atoms with E-state index in [-0.39, 0.29) is 30.7 Å². The van der Waals surface area contributed by atoms with Crippen LogP contribution in [-0.4, -0.2) is 43.5 Å². The van der Waals surface area contributed by atoms with E-state index in [1.165, 1.54) is 12.0 Å². The van der Waals surface area contributed by atoms with Crippen molar-refractivity contribution in [3.05, 3.63) is 29.8 Å². The summed E-state index contributed by atoms with van der Waals surface area (Å²) in [6.07, 6.45) is 2.94. The molecule has 1 N–H and O–H groups in total. The third-order valence-corrected chi connectivity index (χ3v) is 4.31. The van der Waals surface area contributed by atoms with Gasteiger partial charge in [-0.05, 0) is 38.1 Å². The second-order valence-corrected chi connectivity index (χ2v) is 5.91. The summed E-state index contributed by atoms with van der Waals surface area (Å²) in [6, 6.07) is 8.66. The number of halogens is 2. The SMILES string of the molecule is CN1CCN(C(=O)CC2CCCN2)c2ccccc2C1.Cl.Cl. The number of nitrogens with one attached hydrogen (secondary N) is 1. The number of nitrogens with zero attached hydrogens (tertiary/aromatic N) is 2. The molecule has 1 aromatic carbocycles. The smallest absolute Gasteiger partial charge is 0.228 e. The Labute approximate surface area is 145 Å². The van der Waals surface area contributed by atoms with Gasteiger partial charge in [0.2, 0.25) is 5.91 Å². The van der Waals surface area contributed by atoms with Crippen LogP contribution < -0.4 is 10.2 Å². The minimum absolute atomic E-state index is 0. The van der Waals surface area contributed by atoms with Crippen molar-refractivity contribution in [2.45, 2.75) is 31.8 Å². The molecule has 2 heterocycles. The average molecular weight is 346 g/mol. The molecule has 1 fully saturated rings. The van der Waals surface area contributed by atoms with Crippen LogP contribution in [0.5, 0.6) is 0 Å². The number of likely N-dealkylation sites (N-methyl/N-ethyl adjacent to an activating group) is 1.